The van der Waals surface area contributed by atoms with Gasteiger partial charge in [-0.3, -0.25) is 9.69 Å². The molecule has 0 saturated heterocycles. The first-order valence-corrected chi connectivity index (χ1v) is 6.52. The molecule has 1 N–H and O–H groups in total. The minimum Gasteiger partial charge on any atom is -0.478 e. The van der Waals surface area contributed by atoms with Crippen molar-refractivity contribution >= 4 is 29.1 Å². The highest BCUT2D eigenvalue weighted by Gasteiger charge is 2.34. The molecule has 1 aliphatic rings. The number of carbonyl (C=O) groups is 2. The number of carboxylic acid groups (broad SMARTS) is 1. The molecule has 0 saturated carbocycles. The molecule has 1 amide bonds. The third kappa shape index (κ3) is 2.10. The zero-order chi connectivity index (χ0) is 14.1. The van der Waals surface area contributed by atoms with E-state index in [1.165, 1.54) is 11.1 Å². The Bertz CT molecular complexity index is 658. The number of anilines is 1. The Labute approximate surface area is 117 Å². The first-order chi connectivity index (χ1) is 9.66. The van der Waals surface area contributed by atoms with Crippen molar-refractivity contribution < 1.29 is 19.4 Å². The Morgan fingerprint density at radius 1 is 1.40 bits per heavy atom. The summed E-state index contributed by atoms with van der Waals surface area (Å²) >= 11 is 0.968. The van der Waals surface area contributed by atoms with Crippen LogP contribution in [0.1, 0.15) is 9.67 Å². The van der Waals surface area contributed by atoms with Gasteiger partial charge in [0.15, 0.2) is 0 Å². The SMILES string of the molecule is O=C(O)C1CN(C(=O)c2cnns2)c2ccccc2O1. The van der Waals surface area contributed by atoms with Crippen molar-refractivity contribution in [3.63, 3.8) is 0 Å². The lowest BCUT2D eigenvalue weighted by atomic mass is 10.2. The highest BCUT2D eigenvalue weighted by atomic mass is 32.1. The number of aromatic nitrogens is 2. The van der Waals surface area contributed by atoms with Gasteiger partial charge < -0.3 is 9.84 Å². The van der Waals surface area contributed by atoms with Gasteiger partial charge in [0, 0.05) is 0 Å². The third-order valence-electron chi connectivity index (χ3n) is 2.87. The second-order valence-corrected chi connectivity index (χ2v) is 4.90. The van der Waals surface area contributed by atoms with E-state index in [2.05, 4.69) is 9.59 Å². The number of amides is 1. The van der Waals surface area contributed by atoms with Crippen LogP contribution in [0.4, 0.5) is 5.69 Å². The van der Waals surface area contributed by atoms with Gasteiger partial charge in [-0.2, -0.15) is 0 Å². The van der Waals surface area contributed by atoms with Crippen molar-refractivity contribution in [2.24, 2.45) is 0 Å². The van der Waals surface area contributed by atoms with E-state index < -0.39 is 12.1 Å². The number of carboxylic acids is 1. The van der Waals surface area contributed by atoms with Gasteiger partial charge in [0.05, 0.1) is 18.4 Å². The number of para-hydroxylation sites is 2. The van der Waals surface area contributed by atoms with Gasteiger partial charge in [-0.15, -0.1) is 5.10 Å². The summed E-state index contributed by atoms with van der Waals surface area (Å²) in [4.78, 5) is 25.3. The van der Waals surface area contributed by atoms with Gasteiger partial charge in [-0.25, -0.2) is 4.79 Å². The van der Waals surface area contributed by atoms with E-state index in [4.69, 9.17) is 9.84 Å². The molecule has 3 rings (SSSR count). The van der Waals surface area contributed by atoms with Crippen LogP contribution in [0.5, 0.6) is 5.75 Å². The molecule has 1 unspecified atom stereocenters. The summed E-state index contributed by atoms with van der Waals surface area (Å²) < 4.78 is 9.01. The molecule has 2 aromatic rings. The molecule has 0 aliphatic carbocycles. The van der Waals surface area contributed by atoms with Gasteiger partial charge in [0.1, 0.15) is 10.6 Å². The fraction of sp³-hybridized carbons (Fsp3) is 0.167. The molecule has 0 fully saturated rings. The van der Waals surface area contributed by atoms with Gasteiger partial charge in [-0.1, -0.05) is 16.6 Å². The molecular weight excluding hydrogens is 282 g/mol. The van der Waals surface area contributed by atoms with Gasteiger partial charge >= 0.3 is 5.97 Å². The Kier molecular flexibility index (Phi) is 3.07. The Morgan fingerprint density at radius 2 is 2.20 bits per heavy atom. The minimum absolute atomic E-state index is 0.0525. The number of hydrogen-bond donors (Lipinski definition) is 1. The summed E-state index contributed by atoms with van der Waals surface area (Å²) in [5, 5.41) is 12.7. The fourth-order valence-corrected chi connectivity index (χ4v) is 2.41. The van der Waals surface area contributed by atoms with Crippen molar-refractivity contribution in [1.82, 2.24) is 9.59 Å². The van der Waals surface area contributed by atoms with Crippen molar-refractivity contribution in [3.8, 4) is 5.75 Å². The number of carbonyl (C=O) groups excluding carboxylic acids is 1. The summed E-state index contributed by atoms with van der Waals surface area (Å²) in [7, 11) is 0. The summed E-state index contributed by atoms with van der Waals surface area (Å²) in [5.41, 5.74) is 0.545. The summed E-state index contributed by atoms with van der Waals surface area (Å²) in [6.45, 7) is -0.0525. The maximum atomic E-state index is 12.4. The molecule has 7 nitrogen and oxygen atoms in total. The lowest BCUT2D eigenvalue weighted by molar-refractivity contribution is -0.144. The lowest BCUT2D eigenvalue weighted by Crippen LogP contribution is -2.47. The van der Waals surface area contributed by atoms with E-state index in [0.717, 1.165) is 11.5 Å². The first-order valence-electron chi connectivity index (χ1n) is 5.74. The van der Waals surface area contributed by atoms with Crippen LogP contribution in [-0.4, -0.2) is 39.2 Å². The monoisotopic (exact) mass is 291 g/mol. The molecule has 0 radical (unpaired) electrons. The second kappa shape index (κ2) is 4.89. The smallest absolute Gasteiger partial charge is 0.346 e. The lowest BCUT2D eigenvalue weighted by Gasteiger charge is -2.32. The standard InChI is InChI=1S/C12H9N3O4S/c16-11(10-5-13-14-20-10)15-6-9(12(17)18)19-8-4-2-1-3-7(8)15/h1-5,9H,6H2,(H,17,18). The van der Waals surface area contributed by atoms with E-state index in [-0.39, 0.29) is 12.5 Å². The van der Waals surface area contributed by atoms with E-state index in [0.29, 0.717) is 16.3 Å². The maximum Gasteiger partial charge on any atom is 0.346 e. The summed E-state index contributed by atoms with van der Waals surface area (Å²) in [5.74, 6) is -1.07. The number of hydrogen-bond acceptors (Lipinski definition) is 6. The van der Waals surface area contributed by atoms with E-state index in [9.17, 15) is 9.59 Å². The zero-order valence-electron chi connectivity index (χ0n) is 10.1. The molecule has 1 atom stereocenters. The number of nitrogens with zero attached hydrogens (tertiary/aromatic N) is 3. The molecule has 8 heteroatoms. The van der Waals surface area contributed by atoms with Crippen molar-refractivity contribution in [2.75, 3.05) is 11.4 Å². The maximum absolute atomic E-state index is 12.4. The van der Waals surface area contributed by atoms with Crippen molar-refractivity contribution in [3.05, 3.63) is 35.3 Å². The number of benzene rings is 1. The van der Waals surface area contributed by atoms with Crippen LogP contribution < -0.4 is 9.64 Å². The summed E-state index contributed by atoms with van der Waals surface area (Å²) in [6.07, 6.45) is 0.274. The first kappa shape index (κ1) is 12.5. The van der Waals surface area contributed by atoms with Crippen LogP contribution in [0.15, 0.2) is 30.5 Å². The van der Waals surface area contributed by atoms with E-state index in [1.807, 2.05) is 0 Å². The van der Waals surface area contributed by atoms with Crippen molar-refractivity contribution in [1.29, 1.82) is 0 Å². The predicted octanol–water partition coefficient (Wildman–Crippen LogP) is 1.03. The topological polar surface area (TPSA) is 92.6 Å². The number of fused-ring (bicyclic) bond motifs is 1. The minimum atomic E-state index is -1.11. The molecule has 20 heavy (non-hydrogen) atoms. The number of aliphatic carboxylic acids is 1. The average molecular weight is 291 g/mol. The fourth-order valence-electron chi connectivity index (χ4n) is 1.95. The van der Waals surface area contributed by atoms with Gasteiger partial charge in [0.25, 0.3) is 5.91 Å². The molecule has 1 aromatic heterocycles. The molecule has 1 aliphatic heterocycles. The van der Waals surface area contributed by atoms with Crippen LogP contribution in [0, 0.1) is 0 Å². The van der Waals surface area contributed by atoms with Crippen LogP contribution in [0.25, 0.3) is 0 Å². The van der Waals surface area contributed by atoms with Gasteiger partial charge in [-0.05, 0) is 23.7 Å². The van der Waals surface area contributed by atoms with Crippen LogP contribution in [-0.2, 0) is 4.79 Å². The van der Waals surface area contributed by atoms with Crippen LogP contribution in [0.3, 0.4) is 0 Å². The largest absolute Gasteiger partial charge is 0.478 e. The summed E-state index contributed by atoms with van der Waals surface area (Å²) in [6, 6.07) is 6.82. The average Bonchev–Trinajstić information content (AvgIpc) is 2.99. The molecule has 0 bridgehead atoms. The second-order valence-electron chi connectivity index (χ2n) is 4.11. The molecular formula is C12H9N3O4S. The van der Waals surface area contributed by atoms with E-state index in [1.54, 1.807) is 24.3 Å². The predicted molar refractivity (Wildman–Crippen MR) is 70.1 cm³/mol. The van der Waals surface area contributed by atoms with Crippen LogP contribution in [0.2, 0.25) is 0 Å². The normalized spacial score (nSPS) is 17.2. The zero-order valence-corrected chi connectivity index (χ0v) is 10.9. The highest BCUT2D eigenvalue weighted by molar-refractivity contribution is 7.07. The molecule has 1 aromatic carbocycles. The quantitative estimate of drug-likeness (QED) is 0.888. The van der Waals surface area contributed by atoms with E-state index >= 15 is 0 Å². The molecule has 2 heterocycles. The Hall–Kier alpha value is -2.48. The van der Waals surface area contributed by atoms with Crippen molar-refractivity contribution in [2.45, 2.75) is 6.10 Å². The third-order valence-corrected chi connectivity index (χ3v) is 3.52. The van der Waals surface area contributed by atoms with Gasteiger partial charge in [0.2, 0.25) is 6.10 Å². The van der Waals surface area contributed by atoms with Crippen LogP contribution >= 0.6 is 11.5 Å². The Balaban J connectivity index is 2.01. The molecule has 0 spiro atoms. The highest BCUT2D eigenvalue weighted by Crippen LogP contribution is 2.34. The molecule has 102 valence electrons. The Morgan fingerprint density at radius 3 is 2.90 bits per heavy atom. The number of ether oxygens (including phenoxy) is 1. The number of rotatable bonds is 2.